The third kappa shape index (κ3) is 4.00. The summed E-state index contributed by atoms with van der Waals surface area (Å²) < 4.78 is 28.1. The lowest BCUT2D eigenvalue weighted by Crippen LogP contribution is -1.90. The Hall–Kier alpha value is -2.37. The van der Waals surface area contributed by atoms with Crippen molar-refractivity contribution in [2.24, 2.45) is 0 Å². The first-order chi connectivity index (χ1) is 12.1. The molecule has 3 heteroatoms. The van der Waals surface area contributed by atoms with E-state index in [-0.39, 0.29) is 10.8 Å². The molecule has 0 atom stereocenters. The Bertz CT molecular complexity index is 980. The van der Waals surface area contributed by atoms with Gasteiger partial charge in [-0.1, -0.05) is 61.1 Å². The minimum Gasteiger partial charge on any atom is -0.205 e. The van der Waals surface area contributed by atoms with Gasteiger partial charge < -0.3 is 0 Å². The van der Waals surface area contributed by atoms with Crippen LogP contribution in [0, 0.1) is 23.5 Å². The SMILES string of the molecule is CCCCc1ccc2c(F)c(C#Cc3ccc(Cl)c(F)c3)ccc2c1. The zero-order valence-electron chi connectivity index (χ0n) is 13.9. The summed E-state index contributed by atoms with van der Waals surface area (Å²) >= 11 is 5.65. The van der Waals surface area contributed by atoms with Gasteiger partial charge in [0.2, 0.25) is 0 Å². The predicted octanol–water partition coefficient (Wildman–Crippen LogP) is 6.51. The molecule has 0 unspecified atom stereocenters. The molecule has 0 nitrogen and oxygen atoms in total. The number of aryl methyl sites for hydroxylation is 1. The number of halogens is 3. The first-order valence-electron chi connectivity index (χ1n) is 8.26. The first kappa shape index (κ1) is 17.5. The Morgan fingerprint density at radius 3 is 2.56 bits per heavy atom. The van der Waals surface area contributed by atoms with Gasteiger partial charge in [-0.25, -0.2) is 8.78 Å². The first-order valence-corrected chi connectivity index (χ1v) is 8.64. The zero-order valence-corrected chi connectivity index (χ0v) is 14.6. The van der Waals surface area contributed by atoms with Gasteiger partial charge in [-0.3, -0.25) is 0 Å². The van der Waals surface area contributed by atoms with Crippen LogP contribution in [0.1, 0.15) is 36.5 Å². The van der Waals surface area contributed by atoms with Crippen molar-refractivity contribution in [1.29, 1.82) is 0 Å². The number of hydrogen-bond donors (Lipinski definition) is 0. The molecule has 126 valence electrons. The summed E-state index contributed by atoms with van der Waals surface area (Å²) in [5, 5.41) is 1.46. The molecule has 25 heavy (non-hydrogen) atoms. The second-order valence-corrected chi connectivity index (χ2v) is 6.37. The lowest BCUT2D eigenvalue weighted by atomic mass is 10.0. The van der Waals surface area contributed by atoms with E-state index in [0.717, 1.165) is 24.6 Å². The van der Waals surface area contributed by atoms with Crippen molar-refractivity contribution in [2.45, 2.75) is 26.2 Å². The van der Waals surface area contributed by atoms with Gasteiger partial charge in [0.15, 0.2) is 0 Å². The summed E-state index contributed by atoms with van der Waals surface area (Å²) in [6.45, 7) is 2.15. The van der Waals surface area contributed by atoms with E-state index in [1.54, 1.807) is 12.1 Å². The second kappa shape index (κ2) is 7.68. The minimum atomic E-state index is -0.535. The largest absolute Gasteiger partial charge is 0.205 e. The van der Waals surface area contributed by atoms with Crippen molar-refractivity contribution in [3.8, 4) is 11.8 Å². The Balaban J connectivity index is 1.94. The molecule has 0 heterocycles. The molecule has 0 aliphatic rings. The molecular formula is C22H17ClF2. The maximum atomic E-state index is 14.7. The van der Waals surface area contributed by atoms with Gasteiger partial charge in [0.1, 0.15) is 11.6 Å². The van der Waals surface area contributed by atoms with Crippen molar-refractivity contribution in [3.63, 3.8) is 0 Å². The van der Waals surface area contributed by atoms with E-state index in [2.05, 4.69) is 18.8 Å². The van der Waals surface area contributed by atoms with Gasteiger partial charge >= 0.3 is 0 Å². The number of rotatable bonds is 3. The third-order valence-corrected chi connectivity index (χ3v) is 4.41. The van der Waals surface area contributed by atoms with Gasteiger partial charge in [-0.15, -0.1) is 0 Å². The lowest BCUT2D eigenvalue weighted by molar-refractivity contribution is 0.628. The highest BCUT2D eigenvalue weighted by molar-refractivity contribution is 6.30. The second-order valence-electron chi connectivity index (χ2n) is 5.97. The summed E-state index contributed by atoms with van der Waals surface area (Å²) in [5.74, 6) is 4.69. The summed E-state index contributed by atoms with van der Waals surface area (Å²) in [6.07, 6.45) is 3.25. The van der Waals surface area contributed by atoms with Gasteiger partial charge in [0.25, 0.3) is 0 Å². The molecule has 3 rings (SSSR count). The molecular weight excluding hydrogens is 338 g/mol. The van der Waals surface area contributed by atoms with E-state index in [9.17, 15) is 8.78 Å². The molecule has 0 bridgehead atoms. The van der Waals surface area contributed by atoms with Crippen LogP contribution in [-0.4, -0.2) is 0 Å². The number of benzene rings is 3. The number of fused-ring (bicyclic) bond motifs is 1. The van der Waals surface area contributed by atoms with Crippen molar-refractivity contribution in [2.75, 3.05) is 0 Å². The van der Waals surface area contributed by atoms with Gasteiger partial charge in [0.05, 0.1) is 10.6 Å². The van der Waals surface area contributed by atoms with Gasteiger partial charge in [-0.05, 0) is 48.1 Å². The van der Waals surface area contributed by atoms with Crippen LogP contribution in [0.3, 0.4) is 0 Å². The highest BCUT2D eigenvalue weighted by Crippen LogP contribution is 2.23. The summed E-state index contributed by atoms with van der Waals surface area (Å²) in [6, 6.07) is 13.6. The monoisotopic (exact) mass is 354 g/mol. The topological polar surface area (TPSA) is 0 Å². The average molecular weight is 355 g/mol. The van der Waals surface area contributed by atoms with Crippen LogP contribution in [0.5, 0.6) is 0 Å². The van der Waals surface area contributed by atoms with E-state index in [0.29, 0.717) is 16.5 Å². The molecule has 0 radical (unpaired) electrons. The lowest BCUT2D eigenvalue weighted by Gasteiger charge is -2.05. The summed E-state index contributed by atoms with van der Waals surface area (Å²) in [5.41, 5.74) is 1.96. The maximum absolute atomic E-state index is 14.7. The predicted molar refractivity (Wildman–Crippen MR) is 99.9 cm³/mol. The molecule has 0 aromatic heterocycles. The molecule has 0 amide bonds. The highest BCUT2D eigenvalue weighted by Gasteiger charge is 2.06. The fourth-order valence-corrected chi connectivity index (χ4v) is 2.81. The van der Waals surface area contributed by atoms with Crippen LogP contribution < -0.4 is 0 Å². The van der Waals surface area contributed by atoms with Crippen LogP contribution >= 0.6 is 11.6 Å². The Morgan fingerprint density at radius 2 is 1.80 bits per heavy atom. The van der Waals surface area contributed by atoms with Crippen LogP contribution in [0.15, 0.2) is 48.5 Å². The fraction of sp³-hybridized carbons (Fsp3) is 0.182. The molecule has 0 N–H and O–H groups in total. The summed E-state index contributed by atoms with van der Waals surface area (Å²) in [4.78, 5) is 0. The molecule has 0 saturated carbocycles. The molecule has 0 aliphatic carbocycles. The third-order valence-electron chi connectivity index (χ3n) is 4.10. The molecule has 0 spiro atoms. The van der Waals surface area contributed by atoms with E-state index in [1.165, 1.54) is 17.7 Å². The Morgan fingerprint density at radius 1 is 0.960 bits per heavy atom. The van der Waals surface area contributed by atoms with Crippen molar-refractivity contribution >= 4 is 22.4 Å². The van der Waals surface area contributed by atoms with Crippen molar-refractivity contribution in [3.05, 3.63) is 81.9 Å². The van der Waals surface area contributed by atoms with E-state index in [4.69, 9.17) is 11.6 Å². The Labute approximate surface area is 151 Å². The molecule has 0 fully saturated rings. The summed E-state index contributed by atoms with van der Waals surface area (Å²) in [7, 11) is 0. The van der Waals surface area contributed by atoms with E-state index >= 15 is 0 Å². The molecule has 0 saturated heterocycles. The smallest absolute Gasteiger partial charge is 0.146 e. The van der Waals surface area contributed by atoms with Gasteiger partial charge in [-0.2, -0.15) is 0 Å². The average Bonchev–Trinajstić information content (AvgIpc) is 2.62. The van der Waals surface area contributed by atoms with Crippen molar-refractivity contribution in [1.82, 2.24) is 0 Å². The zero-order chi connectivity index (χ0) is 17.8. The minimum absolute atomic E-state index is 0.0429. The van der Waals surface area contributed by atoms with Crippen LogP contribution in [0.25, 0.3) is 10.8 Å². The van der Waals surface area contributed by atoms with Crippen LogP contribution in [0.2, 0.25) is 5.02 Å². The fourth-order valence-electron chi connectivity index (χ4n) is 2.69. The normalized spacial score (nSPS) is 10.6. The highest BCUT2D eigenvalue weighted by atomic mass is 35.5. The Kier molecular flexibility index (Phi) is 5.36. The van der Waals surface area contributed by atoms with Crippen LogP contribution in [-0.2, 0) is 6.42 Å². The van der Waals surface area contributed by atoms with Gasteiger partial charge in [0, 0.05) is 10.9 Å². The quantitative estimate of drug-likeness (QED) is 0.470. The van der Waals surface area contributed by atoms with E-state index < -0.39 is 5.82 Å². The molecule has 0 aliphatic heterocycles. The standard InChI is InChI=1S/C22H17ClF2/c1-2-3-4-15-6-11-19-18(13-15)10-9-17(22(19)25)8-5-16-7-12-20(23)21(24)14-16/h6-7,9-14H,2-4H2,1H3. The number of hydrogen-bond acceptors (Lipinski definition) is 0. The van der Waals surface area contributed by atoms with E-state index in [1.807, 2.05) is 24.3 Å². The van der Waals surface area contributed by atoms with Crippen molar-refractivity contribution < 1.29 is 8.78 Å². The maximum Gasteiger partial charge on any atom is 0.146 e. The molecule has 3 aromatic rings. The molecule has 3 aromatic carbocycles. The number of unbranched alkanes of at least 4 members (excludes halogenated alkanes) is 1. The van der Waals surface area contributed by atoms with Crippen LogP contribution in [0.4, 0.5) is 8.78 Å².